The first-order valence-corrected chi connectivity index (χ1v) is 5.10. The van der Waals surface area contributed by atoms with Crippen molar-refractivity contribution in [2.75, 3.05) is 18.5 Å². The first-order chi connectivity index (χ1) is 7.91. The molecule has 1 aromatic carbocycles. The Morgan fingerprint density at radius 1 is 1.53 bits per heavy atom. The summed E-state index contributed by atoms with van der Waals surface area (Å²) in [5.74, 6) is -0.890. The zero-order valence-corrected chi connectivity index (χ0v) is 9.71. The Morgan fingerprint density at radius 2 is 2.18 bits per heavy atom. The van der Waals surface area contributed by atoms with Gasteiger partial charge in [-0.3, -0.25) is 14.9 Å². The third kappa shape index (κ3) is 3.44. The molecule has 0 spiro atoms. The minimum atomic E-state index is -0.890. The Kier molecular flexibility index (Phi) is 4.03. The van der Waals surface area contributed by atoms with Gasteiger partial charge >= 0.3 is 5.97 Å². The third-order valence-electron chi connectivity index (χ3n) is 2.49. The summed E-state index contributed by atoms with van der Waals surface area (Å²) in [7, 11) is 1.71. The molecule has 6 nitrogen and oxygen atoms in total. The molecule has 1 rings (SSSR count). The highest BCUT2D eigenvalue weighted by molar-refractivity contribution is 5.68. The molecule has 1 N–H and O–H groups in total. The number of benzene rings is 1. The number of carboxylic acids is 1. The molecule has 1 aromatic rings. The van der Waals surface area contributed by atoms with Gasteiger partial charge in [0.25, 0.3) is 5.69 Å². The number of hydrogen-bond donors (Lipinski definition) is 1. The number of nitro groups is 1. The van der Waals surface area contributed by atoms with Gasteiger partial charge in [-0.2, -0.15) is 0 Å². The number of carboxylic acid groups (broad SMARTS) is 1. The van der Waals surface area contributed by atoms with E-state index in [1.807, 2.05) is 0 Å². The molecule has 0 heterocycles. The van der Waals surface area contributed by atoms with Crippen molar-refractivity contribution in [3.63, 3.8) is 0 Å². The lowest BCUT2D eigenvalue weighted by atomic mass is 10.1. The van der Waals surface area contributed by atoms with Crippen LogP contribution in [0.2, 0.25) is 0 Å². The van der Waals surface area contributed by atoms with E-state index >= 15 is 0 Å². The van der Waals surface area contributed by atoms with E-state index in [-0.39, 0.29) is 12.1 Å². The SMILES string of the molecule is Cc1ccc(N(C)CCC(=O)O)cc1[N+](=O)[O-]. The van der Waals surface area contributed by atoms with Crippen molar-refractivity contribution in [2.24, 2.45) is 0 Å². The summed E-state index contributed by atoms with van der Waals surface area (Å²) in [5.41, 5.74) is 1.28. The van der Waals surface area contributed by atoms with E-state index in [4.69, 9.17) is 5.11 Å². The lowest BCUT2D eigenvalue weighted by Crippen LogP contribution is -2.21. The predicted octanol–water partition coefficient (Wildman–Crippen LogP) is 1.81. The molecule has 92 valence electrons. The molecule has 0 saturated heterocycles. The molecule has 0 amide bonds. The smallest absolute Gasteiger partial charge is 0.305 e. The quantitative estimate of drug-likeness (QED) is 0.624. The first-order valence-electron chi connectivity index (χ1n) is 5.10. The van der Waals surface area contributed by atoms with Gasteiger partial charge in [0.05, 0.1) is 11.3 Å². The number of anilines is 1. The molecule has 17 heavy (non-hydrogen) atoms. The highest BCUT2D eigenvalue weighted by Gasteiger charge is 2.13. The average Bonchev–Trinajstić information content (AvgIpc) is 2.26. The Balaban J connectivity index is 2.87. The zero-order chi connectivity index (χ0) is 13.0. The van der Waals surface area contributed by atoms with Gasteiger partial charge in [0.2, 0.25) is 0 Å². The Labute approximate surface area is 98.6 Å². The molecule has 0 aliphatic heterocycles. The number of aliphatic carboxylic acids is 1. The van der Waals surface area contributed by atoms with Gasteiger partial charge in [-0.1, -0.05) is 6.07 Å². The molecule has 0 fully saturated rings. The minimum Gasteiger partial charge on any atom is -0.481 e. The van der Waals surface area contributed by atoms with Crippen molar-refractivity contribution in [3.8, 4) is 0 Å². The largest absolute Gasteiger partial charge is 0.481 e. The third-order valence-corrected chi connectivity index (χ3v) is 2.49. The van der Waals surface area contributed by atoms with Crippen molar-refractivity contribution >= 4 is 17.3 Å². The Morgan fingerprint density at radius 3 is 2.71 bits per heavy atom. The fourth-order valence-electron chi connectivity index (χ4n) is 1.42. The number of hydrogen-bond acceptors (Lipinski definition) is 4. The zero-order valence-electron chi connectivity index (χ0n) is 9.71. The monoisotopic (exact) mass is 238 g/mol. The van der Waals surface area contributed by atoms with Gasteiger partial charge in [0.15, 0.2) is 0 Å². The van der Waals surface area contributed by atoms with E-state index in [0.717, 1.165) is 0 Å². The van der Waals surface area contributed by atoms with Crippen molar-refractivity contribution in [3.05, 3.63) is 33.9 Å². The van der Waals surface area contributed by atoms with E-state index < -0.39 is 10.9 Å². The van der Waals surface area contributed by atoms with Crippen LogP contribution < -0.4 is 4.90 Å². The van der Waals surface area contributed by atoms with E-state index in [1.54, 1.807) is 31.0 Å². The van der Waals surface area contributed by atoms with Crippen molar-refractivity contribution < 1.29 is 14.8 Å². The van der Waals surface area contributed by atoms with Gasteiger partial charge in [-0.25, -0.2) is 0 Å². The molecule has 0 radical (unpaired) electrons. The highest BCUT2D eigenvalue weighted by atomic mass is 16.6. The van der Waals surface area contributed by atoms with E-state index in [0.29, 0.717) is 17.8 Å². The van der Waals surface area contributed by atoms with Crippen LogP contribution in [-0.4, -0.2) is 29.6 Å². The highest BCUT2D eigenvalue weighted by Crippen LogP contribution is 2.24. The maximum absolute atomic E-state index is 10.8. The molecule has 0 aromatic heterocycles. The molecule has 6 heteroatoms. The number of rotatable bonds is 5. The average molecular weight is 238 g/mol. The lowest BCUT2D eigenvalue weighted by molar-refractivity contribution is -0.385. The van der Waals surface area contributed by atoms with Crippen LogP contribution >= 0.6 is 0 Å². The molecule has 0 bridgehead atoms. The second-order valence-corrected chi connectivity index (χ2v) is 3.79. The summed E-state index contributed by atoms with van der Waals surface area (Å²) < 4.78 is 0. The summed E-state index contributed by atoms with van der Waals surface area (Å²) in [4.78, 5) is 22.4. The molecular formula is C11H14N2O4. The van der Waals surface area contributed by atoms with E-state index in [9.17, 15) is 14.9 Å². The number of nitro benzene ring substituents is 1. The first kappa shape index (κ1) is 13.0. The molecule has 0 unspecified atom stereocenters. The summed E-state index contributed by atoms with van der Waals surface area (Å²) in [6.07, 6.45) is -0.00181. The number of nitrogens with zero attached hydrogens (tertiary/aromatic N) is 2. The second-order valence-electron chi connectivity index (χ2n) is 3.79. The van der Waals surface area contributed by atoms with Crippen LogP contribution in [0.1, 0.15) is 12.0 Å². The second kappa shape index (κ2) is 5.29. The fraction of sp³-hybridized carbons (Fsp3) is 0.364. The van der Waals surface area contributed by atoms with E-state index in [2.05, 4.69) is 0 Å². The van der Waals surface area contributed by atoms with Crippen LogP contribution in [0, 0.1) is 17.0 Å². The molecule has 0 atom stereocenters. The van der Waals surface area contributed by atoms with Crippen molar-refractivity contribution in [1.82, 2.24) is 0 Å². The van der Waals surface area contributed by atoms with Crippen LogP contribution in [0.3, 0.4) is 0 Å². The fourth-order valence-corrected chi connectivity index (χ4v) is 1.42. The summed E-state index contributed by atoms with van der Waals surface area (Å²) in [6, 6.07) is 4.85. The topological polar surface area (TPSA) is 83.7 Å². The Bertz CT molecular complexity index is 445. The van der Waals surface area contributed by atoms with Crippen molar-refractivity contribution in [2.45, 2.75) is 13.3 Å². The van der Waals surface area contributed by atoms with Gasteiger partial charge in [-0.15, -0.1) is 0 Å². The molecular weight excluding hydrogens is 224 g/mol. The van der Waals surface area contributed by atoms with E-state index in [1.165, 1.54) is 6.07 Å². The Hall–Kier alpha value is -2.11. The van der Waals surface area contributed by atoms with Crippen LogP contribution in [0.15, 0.2) is 18.2 Å². The van der Waals surface area contributed by atoms with Crippen LogP contribution in [-0.2, 0) is 4.79 Å². The molecule has 0 saturated carbocycles. The van der Waals surface area contributed by atoms with Gasteiger partial charge in [0, 0.05) is 30.9 Å². The molecule has 0 aliphatic rings. The van der Waals surface area contributed by atoms with Crippen molar-refractivity contribution in [1.29, 1.82) is 0 Å². The maximum Gasteiger partial charge on any atom is 0.305 e. The van der Waals surface area contributed by atoms with Crippen LogP contribution in [0.25, 0.3) is 0 Å². The summed E-state index contributed by atoms with van der Waals surface area (Å²) in [6.45, 7) is 1.98. The number of carbonyl (C=O) groups is 1. The normalized spacial score (nSPS) is 10.0. The molecule has 0 aliphatic carbocycles. The lowest BCUT2D eigenvalue weighted by Gasteiger charge is -2.18. The predicted molar refractivity (Wildman–Crippen MR) is 63.4 cm³/mol. The van der Waals surface area contributed by atoms with Crippen LogP contribution in [0.4, 0.5) is 11.4 Å². The summed E-state index contributed by atoms with van der Waals surface area (Å²) >= 11 is 0. The standard InChI is InChI=1S/C11H14N2O4/c1-8-3-4-9(7-10(8)13(16)17)12(2)6-5-11(14)15/h3-4,7H,5-6H2,1-2H3,(H,14,15). The van der Waals surface area contributed by atoms with Gasteiger partial charge in [0.1, 0.15) is 0 Å². The summed E-state index contributed by atoms with van der Waals surface area (Å²) in [5, 5.41) is 19.3. The van der Waals surface area contributed by atoms with Gasteiger partial charge in [-0.05, 0) is 13.0 Å². The maximum atomic E-state index is 10.8. The van der Waals surface area contributed by atoms with Gasteiger partial charge < -0.3 is 10.0 Å². The van der Waals surface area contributed by atoms with Crippen LogP contribution in [0.5, 0.6) is 0 Å². The number of aryl methyl sites for hydroxylation is 1. The minimum absolute atomic E-state index is 0.00181.